The third-order valence-electron chi connectivity index (χ3n) is 3.69. The summed E-state index contributed by atoms with van der Waals surface area (Å²) in [5.41, 5.74) is 1.02. The van der Waals surface area contributed by atoms with Gasteiger partial charge in [-0.15, -0.1) is 0 Å². The van der Waals surface area contributed by atoms with E-state index in [-0.39, 0.29) is 10.8 Å². The van der Waals surface area contributed by atoms with Crippen LogP contribution in [0.5, 0.6) is 0 Å². The van der Waals surface area contributed by atoms with Crippen molar-refractivity contribution in [1.82, 2.24) is 10.6 Å². The Morgan fingerprint density at radius 1 is 1.47 bits per heavy atom. The SMILES string of the molecule is CC(CC1CCCCN1)NCc1ccc(F)c(Cl)c1. The molecule has 0 radical (unpaired) electrons. The van der Waals surface area contributed by atoms with E-state index in [1.807, 2.05) is 0 Å². The number of halogens is 2. The van der Waals surface area contributed by atoms with Crippen LogP contribution in [-0.2, 0) is 6.54 Å². The second-order valence-corrected chi connectivity index (χ2v) is 5.82. The molecule has 1 saturated heterocycles. The van der Waals surface area contributed by atoms with Gasteiger partial charge >= 0.3 is 0 Å². The molecule has 1 heterocycles. The Hall–Kier alpha value is -0.640. The van der Waals surface area contributed by atoms with Gasteiger partial charge in [0.2, 0.25) is 0 Å². The van der Waals surface area contributed by atoms with Gasteiger partial charge in [-0.05, 0) is 50.4 Å². The molecule has 1 aliphatic heterocycles. The van der Waals surface area contributed by atoms with Gasteiger partial charge in [0.05, 0.1) is 5.02 Å². The lowest BCUT2D eigenvalue weighted by molar-refractivity contribution is 0.344. The molecule has 19 heavy (non-hydrogen) atoms. The molecule has 1 aromatic rings. The van der Waals surface area contributed by atoms with Crippen molar-refractivity contribution in [2.24, 2.45) is 0 Å². The standard InChI is InChI=1S/C15H22ClFN2/c1-11(8-13-4-2-3-7-18-13)19-10-12-5-6-15(17)14(16)9-12/h5-6,9,11,13,18-19H,2-4,7-8,10H2,1H3. The van der Waals surface area contributed by atoms with Gasteiger partial charge in [-0.3, -0.25) is 0 Å². The molecule has 0 amide bonds. The van der Waals surface area contributed by atoms with Crippen molar-refractivity contribution >= 4 is 11.6 Å². The van der Waals surface area contributed by atoms with Gasteiger partial charge in [-0.2, -0.15) is 0 Å². The molecular weight excluding hydrogens is 263 g/mol. The second-order valence-electron chi connectivity index (χ2n) is 5.41. The molecule has 1 aromatic carbocycles. The average Bonchev–Trinajstić information content (AvgIpc) is 2.41. The highest BCUT2D eigenvalue weighted by Gasteiger charge is 2.15. The average molecular weight is 285 g/mol. The zero-order chi connectivity index (χ0) is 13.7. The number of hydrogen-bond acceptors (Lipinski definition) is 2. The highest BCUT2D eigenvalue weighted by atomic mass is 35.5. The molecule has 1 fully saturated rings. The first-order valence-corrected chi connectivity index (χ1v) is 7.43. The van der Waals surface area contributed by atoms with Crippen LogP contribution >= 0.6 is 11.6 Å². The van der Waals surface area contributed by atoms with Crippen molar-refractivity contribution in [3.8, 4) is 0 Å². The maximum atomic E-state index is 13.0. The summed E-state index contributed by atoms with van der Waals surface area (Å²) >= 11 is 5.77. The van der Waals surface area contributed by atoms with Crippen molar-refractivity contribution < 1.29 is 4.39 Å². The van der Waals surface area contributed by atoms with Gasteiger partial charge in [0.25, 0.3) is 0 Å². The van der Waals surface area contributed by atoms with E-state index < -0.39 is 0 Å². The fourth-order valence-corrected chi connectivity index (χ4v) is 2.78. The lowest BCUT2D eigenvalue weighted by Crippen LogP contribution is -2.39. The highest BCUT2D eigenvalue weighted by Crippen LogP contribution is 2.16. The first-order valence-electron chi connectivity index (χ1n) is 7.06. The zero-order valence-electron chi connectivity index (χ0n) is 11.4. The fourth-order valence-electron chi connectivity index (χ4n) is 2.58. The monoisotopic (exact) mass is 284 g/mol. The smallest absolute Gasteiger partial charge is 0.141 e. The minimum atomic E-state index is -0.357. The molecule has 2 N–H and O–H groups in total. The van der Waals surface area contributed by atoms with E-state index >= 15 is 0 Å². The van der Waals surface area contributed by atoms with Gasteiger partial charge < -0.3 is 10.6 Å². The summed E-state index contributed by atoms with van der Waals surface area (Å²) in [6.45, 7) is 4.07. The van der Waals surface area contributed by atoms with Crippen molar-refractivity contribution in [2.75, 3.05) is 6.54 Å². The van der Waals surface area contributed by atoms with Crippen molar-refractivity contribution in [3.05, 3.63) is 34.6 Å². The molecule has 0 spiro atoms. The number of hydrogen-bond donors (Lipinski definition) is 2. The molecule has 2 rings (SSSR count). The molecule has 2 unspecified atom stereocenters. The minimum absolute atomic E-state index is 0.195. The first-order chi connectivity index (χ1) is 9.15. The van der Waals surface area contributed by atoms with E-state index in [0.29, 0.717) is 12.1 Å². The van der Waals surface area contributed by atoms with E-state index in [1.165, 1.54) is 25.3 Å². The summed E-state index contributed by atoms with van der Waals surface area (Å²) in [6, 6.07) is 5.97. The Kier molecular flexibility index (Phi) is 5.61. The molecule has 0 saturated carbocycles. The van der Waals surface area contributed by atoms with Crippen LogP contribution in [0.2, 0.25) is 5.02 Å². The van der Waals surface area contributed by atoms with E-state index in [2.05, 4.69) is 17.6 Å². The molecule has 2 nitrogen and oxygen atoms in total. The van der Waals surface area contributed by atoms with Gasteiger partial charge in [0.1, 0.15) is 5.82 Å². The Morgan fingerprint density at radius 3 is 3.00 bits per heavy atom. The maximum Gasteiger partial charge on any atom is 0.141 e. The third-order valence-corrected chi connectivity index (χ3v) is 3.98. The number of nitrogens with one attached hydrogen (secondary N) is 2. The lowest BCUT2D eigenvalue weighted by Gasteiger charge is -2.26. The van der Waals surface area contributed by atoms with Gasteiger partial charge in [-0.25, -0.2) is 4.39 Å². The minimum Gasteiger partial charge on any atom is -0.314 e. The molecule has 1 aliphatic rings. The van der Waals surface area contributed by atoms with Crippen LogP contribution in [-0.4, -0.2) is 18.6 Å². The van der Waals surface area contributed by atoms with Crippen molar-refractivity contribution in [3.63, 3.8) is 0 Å². The van der Waals surface area contributed by atoms with E-state index in [9.17, 15) is 4.39 Å². The molecule has 2 atom stereocenters. The summed E-state index contributed by atoms with van der Waals surface area (Å²) in [4.78, 5) is 0. The number of rotatable bonds is 5. The number of piperidine rings is 1. The van der Waals surface area contributed by atoms with Crippen LogP contribution in [0.25, 0.3) is 0 Å². The third kappa shape index (κ3) is 4.75. The maximum absolute atomic E-state index is 13.0. The molecule has 106 valence electrons. The lowest BCUT2D eigenvalue weighted by atomic mass is 9.99. The van der Waals surface area contributed by atoms with Crippen LogP contribution in [0, 0.1) is 5.82 Å². The Labute approximate surface area is 119 Å². The quantitative estimate of drug-likeness (QED) is 0.865. The van der Waals surface area contributed by atoms with E-state index in [1.54, 1.807) is 12.1 Å². The predicted molar refractivity (Wildman–Crippen MR) is 78.0 cm³/mol. The topological polar surface area (TPSA) is 24.1 Å². The Balaban J connectivity index is 1.75. The molecule has 0 bridgehead atoms. The zero-order valence-corrected chi connectivity index (χ0v) is 12.1. The largest absolute Gasteiger partial charge is 0.314 e. The van der Waals surface area contributed by atoms with Crippen molar-refractivity contribution in [1.29, 1.82) is 0 Å². The predicted octanol–water partition coefficient (Wildman–Crippen LogP) is 3.49. The van der Waals surface area contributed by atoms with Crippen LogP contribution in [0.1, 0.15) is 38.2 Å². The second kappa shape index (κ2) is 7.22. The molecule has 4 heteroatoms. The number of benzene rings is 1. The van der Waals surface area contributed by atoms with Gasteiger partial charge in [-0.1, -0.05) is 24.1 Å². The summed E-state index contributed by atoms with van der Waals surface area (Å²) in [6.07, 6.45) is 5.04. The highest BCUT2D eigenvalue weighted by molar-refractivity contribution is 6.30. The molecule has 0 aliphatic carbocycles. The van der Waals surface area contributed by atoms with E-state index in [0.717, 1.165) is 25.1 Å². The van der Waals surface area contributed by atoms with Gasteiger partial charge in [0.15, 0.2) is 0 Å². The van der Waals surface area contributed by atoms with Crippen LogP contribution in [0.4, 0.5) is 4.39 Å². The fraction of sp³-hybridized carbons (Fsp3) is 0.600. The molecule has 0 aromatic heterocycles. The normalized spacial score (nSPS) is 21.3. The summed E-state index contributed by atoms with van der Waals surface area (Å²) < 4.78 is 13.0. The summed E-state index contributed by atoms with van der Waals surface area (Å²) in [7, 11) is 0. The van der Waals surface area contributed by atoms with Crippen LogP contribution < -0.4 is 10.6 Å². The van der Waals surface area contributed by atoms with Crippen LogP contribution in [0.3, 0.4) is 0 Å². The molecular formula is C15H22ClFN2. The summed E-state index contributed by atoms with van der Waals surface area (Å²) in [5, 5.41) is 7.22. The first kappa shape index (κ1) is 14.8. The Bertz CT molecular complexity index is 405. The van der Waals surface area contributed by atoms with Gasteiger partial charge in [0, 0.05) is 18.6 Å². The Morgan fingerprint density at radius 2 is 2.32 bits per heavy atom. The van der Waals surface area contributed by atoms with E-state index in [4.69, 9.17) is 11.6 Å². The van der Waals surface area contributed by atoms with Crippen molar-refractivity contribution in [2.45, 2.75) is 51.2 Å². The summed E-state index contributed by atoms with van der Waals surface area (Å²) in [5.74, 6) is -0.357. The van der Waals surface area contributed by atoms with Crippen LogP contribution in [0.15, 0.2) is 18.2 Å².